The van der Waals surface area contributed by atoms with Crippen molar-refractivity contribution in [2.75, 3.05) is 14.2 Å². The lowest BCUT2D eigenvalue weighted by Crippen LogP contribution is -2.29. The SMILES string of the molecule is COc1cc(/C(O)=C2\C(=O)C(=O)N(Cc3cccnc3)C2c2sccc2C)c(OC)cc1Cl. The number of hydrogen-bond donors (Lipinski definition) is 1. The van der Waals surface area contributed by atoms with Crippen molar-refractivity contribution < 1.29 is 24.2 Å². The number of ether oxygens (including phenoxy) is 2. The van der Waals surface area contributed by atoms with Gasteiger partial charge in [-0.3, -0.25) is 14.6 Å². The summed E-state index contributed by atoms with van der Waals surface area (Å²) in [6, 6.07) is 7.72. The van der Waals surface area contributed by atoms with E-state index < -0.39 is 17.7 Å². The molecule has 3 heterocycles. The van der Waals surface area contributed by atoms with E-state index >= 15 is 0 Å². The third kappa shape index (κ3) is 4.07. The maximum Gasteiger partial charge on any atom is 0.295 e. The molecule has 0 spiro atoms. The largest absolute Gasteiger partial charge is 0.507 e. The molecule has 7 nitrogen and oxygen atoms in total. The molecule has 1 amide bonds. The van der Waals surface area contributed by atoms with E-state index in [1.54, 1.807) is 18.5 Å². The van der Waals surface area contributed by atoms with Crippen LogP contribution in [-0.4, -0.2) is 40.9 Å². The van der Waals surface area contributed by atoms with Gasteiger partial charge in [0, 0.05) is 29.9 Å². The van der Waals surface area contributed by atoms with Crippen LogP contribution in [0, 0.1) is 6.92 Å². The maximum absolute atomic E-state index is 13.2. The number of hydrogen-bond acceptors (Lipinski definition) is 7. The standard InChI is InChI=1S/C24H21ClN2O5S/c1-13-6-8-33-23(13)20-19(21(28)15-9-18(32-3)16(25)10-17(15)31-2)22(29)24(30)27(20)12-14-5-4-7-26-11-14/h4-11,20,28H,12H2,1-3H3/b21-19+. The van der Waals surface area contributed by atoms with Crippen molar-refractivity contribution in [3.05, 3.63) is 80.3 Å². The topological polar surface area (TPSA) is 89.0 Å². The summed E-state index contributed by atoms with van der Waals surface area (Å²) in [7, 11) is 2.87. The summed E-state index contributed by atoms with van der Waals surface area (Å²) in [6.07, 6.45) is 3.28. The zero-order valence-corrected chi connectivity index (χ0v) is 19.7. The highest BCUT2D eigenvalue weighted by molar-refractivity contribution is 7.10. The second kappa shape index (κ2) is 9.25. The number of aliphatic hydroxyl groups is 1. The molecule has 1 unspecified atom stereocenters. The highest BCUT2D eigenvalue weighted by Gasteiger charge is 2.47. The number of aromatic nitrogens is 1. The van der Waals surface area contributed by atoms with E-state index in [0.717, 1.165) is 16.0 Å². The molecule has 0 radical (unpaired) electrons. The predicted molar refractivity (Wildman–Crippen MR) is 126 cm³/mol. The normalized spacial score (nSPS) is 17.5. The van der Waals surface area contributed by atoms with Crippen molar-refractivity contribution in [3.63, 3.8) is 0 Å². The zero-order chi connectivity index (χ0) is 23.7. The van der Waals surface area contributed by atoms with Crippen molar-refractivity contribution in [1.29, 1.82) is 0 Å². The number of aryl methyl sites for hydroxylation is 1. The highest BCUT2D eigenvalue weighted by atomic mass is 35.5. The molecule has 1 aliphatic heterocycles. The van der Waals surface area contributed by atoms with Gasteiger partial charge < -0.3 is 19.5 Å². The van der Waals surface area contributed by atoms with Gasteiger partial charge in [0.25, 0.3) is 11.7 Å². The molecule has 4 rings (SSSR count). The molecular formula is C24H21ClN2O5S. The average molecular weight is 485 g/mol. The van der Waals surface area contributed by atoms with Gasteiger partial charge in [0.1, 0.15) is 23.3 Å². The van der Waals surface area contributed by atoms with E-state index in [1.165, 1.54) is 42.6 Å². The number of carbonyl (C=O) groups excluding carboxylic acids is 2. The molecule has 1 saturated heterocycles. The maximum atomic E-state index is 13.2. The van der Waals surface area contributed by atoms with E-state index in [0.29, 0.717) is 5.75 Å². The van der Waals surface area contributed by atoms with E-state index in [2.05, 4.69) is 4.98 Å². The molecule has 1 aliphatic rings. The number of amides is 1. The molecule has 0 saturated carbocycles. The molecule has 1 fully saturated rings. The van der Waals surface area contributed by atoms with Crippen molar-refractivity contribution in [2.24, 2.45) is 0 Å². The second-order valence-corrected chi connectivity index (χ2v) is 8.80. The lowest BCUT2D eigenvalue weighted by Gasteiger charge is -2.25. The molecule has 1 aromatic carbocycles. The first-order chi connectivity index (χ1) is 15.9. The van der Waals surface area contributed by atoms with Gasteiger partial charge in [-0.2, -0.15) is 0 Å². The number of rotatable bonds is 6. The van der Waals surface area contributed by atoms with Crippen LogP contribution in [0.15, 0.2) is 53.7 Å². The van der Waals surface area contributed by atoms with Crippen molar-refractivity contribution in [2.45, 2.75) is 19.5 Å². The fraction of sp³-hybridized carbons (Fsp3) is 0.208. The van der Waals surface area contributed by atoms with Crippen LogP contribution in [0.2, 0.25) is 5.02 Å². The minimum Gasteiger partial charge on any atom is -0.507 e. The molecule has 33 heavy (non-hydrogen) atoms. The van der Waals surface area contributed by atoms with Crippen LogP contribution in [0.25, 0.3) is 5.76 Å². The summed E-state index contributed by atoms with van der Waals surface area (Å²) in [4.78, 5) is 32.7. The minimum absolute atomic E-state index is 0.0166. The Kier molecular flexibility index (Phi) is 6.40. The lowest BCUT2D eigenvalue weighted by atomic mass is 9.97. The second-order valence-electron chi connectivity index (χ2n) is 7.44. The summed E-state index contributed by atoms with van der Waals surface area (Å²) in [5.41, 5.74) is 1.87. The number of nitrogens with zero attached hydrogens (tertiary/aromatic N) is 2. The summed E-state index contributed by atoms with van der Waals surface area (Å²) < 4.78 is 10.7. The smallest absolute Gasteiger partial charge is 0.295 e. The Bertz CT molecular complexity index is 1250. The average Bonchev–Trinajstić information content (AvgIpc) is 3.34. The van der Waals surface area contributed by atoms with Gasteiger partial charge in [0.05, 0.1) is 30.4 Å². The molecule has 170 valence electrons. The van der Waals surface area contributed by atoms with Crippen LogP contribution in [0.3, 0.4) is 0 Å². The Morgan fingerprint density at radius 1 is 1.21 bits per heavy atom. The van der Waals surface area contributed by atoms with E-state index in [9.17, 15) is 14.7 Å². The number of carbonyl (C=O) groups is 2. The number of thiophene rings is 1. The first-order valence-electron chi connectivity index (χ1n) is 10.0. The summed E-state index contributed by atoms with van der Waals surface area (Å²) in [6.45, 7) is 2.07. The van der Waals surface area contributed by atoms with Gasteiger partial charge in [-0.05, 0) is 41.6 Å². The number of Topliss-reactive ketones (excluding diaryl/α,β-unsaturated/α-hetero) is 1. The minimum atomic E-state index is -0.773. The van der Waals surface area contributed by atoms with E-state index in [-0.39, 0.29) is 34.2 Å². The van der Waals surface area contributed by atoms with Crippen molar-refractivity contribution >= 4 is 40.4 Å². The molecule has 1 atom stereocenters. The van der Waals surface area contributed by atoms with Gasteiger partial charge in [-0.25, -0.2) is 0 Å². The predicted octanol–water partition coefficient (Wildman–Crippen LogP) is 4.74. The van der Waals surface area contributed by atoms with Crippen LogP contribution in [0.1, 0.15) is 27.6 Å². The Morgan fingerprint density at radius 2 is 1.97 bits per heavy atom. The quantitative estimate of drug-likeness (QED) is 0.309. The molecule has 1 N–H and O–H groups in total. The first-order valence-corrected chi connectivity index (χ1v) is 11.3. The van der Waals surface area contributed by atoms with Crippen LogP contribution < -0.4 is 9.47 Å². The molecule has 0 aliphatic carbocycles. The highest BCUT2D eigenvalue weighted by Crippen LogP contribution is 2.45. The number of aliphatic hydroxyl groups excluding tert-OH is 1. The molecule has 3 aromatic rings. The lowest BCUT2D eigenvalue weighted by molar-refractivity contribution is -0.140. The van der Waals surface area contributed by atoms with Gasteiger partial charge >= 0.3 is 0 Å². The first kappa shape index (κ1) is 22.8. The Balaban J connectivity index is 1.92. The van der Waals surface area contributed by atoms with Crippen LogP contribution in [0.5, 0.6) is 11.5 Å². The van der Waals surface area contributed by atoms with Crippen molar-refractivity contribution in [3.8, 4) is 11.5 Å². The molecule has 0 bridgehead atoms. The Hall–Kier alpha value is -3.36. The summed E-state index contributed by atoms with van der Waals surface area (Å²) in [5.74, 6) is -1.28. The number of likely N-dealkylation sites (tertiary alicyclic amines) is 1. The van der Waals surface area contributed by atoms with Gasteiger partial charge in [0.2, 0.25) is 0 Å². The summed E-state index contributed by atoms with van der Waals surface area (Å²) >= 11 is 7.62. The number of ketones is 1. The van der Waals surface area contributed by atoms with Gasteiger partial charge in [-0.1, -0.05) is 17.7 Å². The van der Waals surface area contributed by atoms with Crippen LogP contribution in [0.4, 0.5) is 0 Å². The fourth-order valence-corrected chi connectivity index (χ4v) is 5.14. The number of methoxy groups -OCH3 is 2. The van der Waals surface area contributed by atoms with E-state index in [4.69, 9.17) is 21.1 Å². The number of benzene rings is 1. The molecule has 9 heteroatoms. The monoisotopic (exact) mass is 484 g/mol. The third-order valence-electron chi connectivity index (χ3n) is 5.49. The Morgan fingerprint density at radius 3 is 2.58 bits per heavy atom. The number of halogens is 1. The molecular weight excluding hydrogens is 464 g/mol. The van der Waals surface area contributed by atoms with Crippen LogP contribution in [-0.2, 0) is 16.1 Å². The Labute approximate surface area is 199 Å². The number of pyridine rings is 1. The molecule has 2 aromatic heterocycles. The van der Waals surface area contributed by atoms with Gasteiger partial charge in [0.15, 0.2) is 0 Å². The van der Waals surface area contributed by atoms with Crippen molar-refractivity contribution in [1.82, 2.24) is 9.88 Å². The van der Waals surface area contributed by atoms with E-state index in [1.807, 2.05) is 24.4 Å². The van der Waals surface area contributed by atoms with Crippen LogP contribution >= 0.6 is 22.9 Å². The van der Waals surface area contributed by atoms with Gasteiger partial charge in [-0.15, -0.1) is 11.3 Å². The summed E-state index contributed by atoms with van der Waals surface area (Å²) in [5, 5.41) is 13.5. The fourth-order valence-electron chi connectivity index (χ4n) is 3.86. The third-order valence-corrected chi connectivity index (χ3v) is 6.86. The zero-order valence-electron chi connectivity index (χ0n) is 18.2.